The molecule has 4 aromatic carbocycles. The van der Waals surface area contributed by atoms with Crippen molar-refractivity contribution in [1.82, 2.24) is 10.3 Å². The van der Waals surface area contributed by atoms with Crippen LogP contribution in [-0.4, -0.2) is 51.1 Å². The fourth-order valence-electron chi connectivity index (χ4n) is 4.95. The van der Waals surface area contributed by atoms with E-state index in [2.05, 4.69) is 21.7 Å². The minimum Gasteiger partial charge on any atom is -0.493 e. The second kappa shape index (κ2) is 14.1. The summed E-state index contributed by atoms with van der Waals surface area (Å²) in [7, 11) is 3.28. The number of aryl methyl sites for hydroxylation is 1. The molecule has 0 radical (unpaired) electrons. The number of amides is 1. The van der Waals surface area contributed by atoms with Crippen LogP contribution in [0.4, 0.5) is 5.69 Å². The molecule has 0 saturated heterocycles. The molecule has 0 unspecified atom stereocenters. The third-order valence-electron chi connectivity index (χ3n) is 7.19. The summed E-state index contributed by atoms with van der Waals surface area (Å²) in [6.45, 7) is 2.11. The number of benzene rings is 4. The Bertz CT molecular complexity index is 1790. The summed E-state index contributed by atoms with van der Waals surface area (Å²) in [5.41, 5.74) is 3.38. The molecule has 0 spiro atoms. The molecule has 0 bridgehead atoms. The maximum absolute atomic E-state index is 13.4. The molecule has 0 aliphatic heterocycles. The number of carbonyl (C=O) groups is 1. The van der Waals surface area contributed by atoms with Gasteiger partial charge in [-0.25, -0.2) is 0 Å². The monoisotopic (exact) mass is 597 g/mol. The van der Waals surface area contributed by atoms with Crippen LogP contribution < -0.4 is 30.3 Å². The molecule has 1 amide bonds. The number of H-pyrrole nitrogens is 1. The smallest absolute Gasteiger partial charge is 0.257 e. The third-order valence-corrected chi connectivity index (χ3v) is 7.90. The topological polar surface area (TPSA) is 102 Å². The number of fused-ring (bicyclic) bond motifs is 2. The second-order valence-corrected chi connectivity index (χ2v) is 10.8. The van der Waals surface area contributed by atoms with E-state index >= 15 is 0 Å². The van der Waals surface area contributed by atoms with Crippen LogP contribution in [0.1, 0.15) is 22.3 Å². The van der Waals surface area contributed by atoms with Crippen LogP contribution >= 0.6 is 11.8 Å². The van der Waals surface area contributed by atoms with Crippen molar-refractivity contribution < 1.29 is 19.0 Å². The first kappa shape index (κ1) is 30.0. The van der Waals surface area contributed by atoms with Crippen molar-refractivity contribution in [3.63, 3.8) is 0 Å². The number of rotatable bonds is 13. The number of hydrogen-bond acceptors (Lipinski definition) is 7. The summed E-state index contributed by atoms with van der Waals surface area (Å²) in [6, 6.07) is 24.3. The van der Waals surface area contributed by atoms with Gasteiger partial charge in [0.05, 0.1) is 25.3 Å². The Morgan fingerprint density at radius 1 is 0.884 bits per heavy atom. The van der Waals surface area contributed by atoms with Crippen LogP contribution in [0.3, 0.4) is 0 Å². The van der Waals surface area contributed by atoms with Crippen LogP contribution in [0.2, 0.25) is 0 Å². The maximum atomic E-state index is 13.4. The van der Waals surface area contributed by atoms with Gasteiger partial charge in [0.15, 0.2) is 16.9 Å². The van der Waals surface area contributed by atoms with Crippen LogP contribution in [0, 0.1) is 0 Å². The fourth-order valence-corrected chi connectivity index (χ4v) is 5.42. The average Bonchev–Trinajstić information content (AvgIpc) is 3.04. The van der Waals surface area contributed by atoms with Crippen LogP contribution in [0.5, 0.6) is 17.2 Å². The average molecular weight is 598 g/mol. The molecule has 9 heteroatoms. The summed E-state index contributed by atoms with van der Waals surface area (Å²) in [5.74, 6) is 1.90. The molecule has 8 nitrogen and oxygen atoms in total. The summed E-state index contributed by atoms with van der Waals surface area (Å²) >= 11 is 1.49. The lowest BCUT2D eigenvalue weighted by atomic mass is 10.1. The van der Waals surface area contributed by atoms with Gasteiger partial charge in [-0.15, -0.1) is 11.8 Å². The van der Waals surface area contributed by atoms with Gasteiger partial charge in [-0.3, -0.25) is 9.59 Å². The largest absolute Gasteiger partial charge is 0.493 e. The Labute approximate surface area is 254 Å². The first-order valence-electron chi connectivity index (χ1n) is 14.1. The number of pyridine rings is 1. The molecule has 0 fully saturated rings. The Balaban J connectivity index is 1.13. The minimum absolute atomic E-state index is 0.0943. The van der Waals surface area contributed by atoms with E-state index in [1.54, 1.807) is 20.3 Å². The summed E-state index contributed by atoms with van der Waals surface area (Å²) < 4.78 is 16.5. The lowest BCUT2D eigenvalue weighted by molar-refractivity contribution is 0.102. The number of ether oxygens (including phenoxy) is 3. The van der Waals surface area contributed by atoms with Gasteiger partial charge in [0, 0.05) is 33.4 Å². The van der Waals surface area contributed by atoms with E-state index in [1.807, 2.05) is 73.0 Å². The van der Waals surface area contributed by atoms with Crippen LogP contribution in [-0.2, 0) is 6.42 Å². The second-order valence-electron chi connectivity index (χ2n) is 9.97. The first-order valence-corrected chi connectivity index (χ1v) is 15.3. The molecule has 3 N–H and O–H groups in total. The SMILES string of the molecule is COc1ccc(CCCNCCOc2ccc(NC(=O)c3cc(SC)cc4c(=O)c5ccccc5[nH]c34)cc2)cc1OC. The predicted molar refractivity (Wildman–Crippen MR) is 174 cm³/mol. The molecule has 1 heterocycles. The number of thioether (sulfide) groups is 1. The van der Waals surface area contributed by atoms with Gasteiger partial charge in [-0.05, 0) is 91.9 Å². The Morgan fingerprint density at radius 3 is 2.44 bits per heavy atom. The third kappa shape index (κ3) is 7.13. The van der Waals surface area contributed by atoms with E-state index in [0.717, 1.165) is 48.1 Å². The molecule has 5 aromatic rings. The van der Waals surface area contributed by atoms with Crippen molar-refractivity contribution >= 4 is 45.2 Å². The zero-order chi connectivity index (χ0) is 30.2. The van der Waals surface area contributed by atoms with Crippen molar-refractivity contribution in [3.8, 4) is 17.2 Å². The van der Waals surface area contributed by atoms with Gasteiger partial charge < -0.3 is 29.8 Å². The molecular formula is C34H35N3O5S. The Morgan fingerprint density at radius 2 is 1.67 bits per heavy atom. The van der Waals surface area contributed by atoms with Crippen molar-refractivity contribution in [3.05, 3.63) is 100 Å². The zero-order valence-corrected chi connectivity index (χ0v) is 25.3. The Kier molecular flexibility index (Phi) is 9.86. The molecule has 43 heavy (non-hydrogen) atoms. The minimum atomic E-state index is -0.294. The van der Waals surface area contributed by atoms with Crippen LogP contribution in [0.25, 0.3) is 21.8 Å². The highest BCUT2D eigenvalue weighted by Gasteiger charge is 2.16. The number of para-hydroxylation sites is 1. The van der Waals surface area contributed by atoms with Gasteiger partial charge >= 0.3 is 0 Å². The summed E-state index contributed by atoms with van der Waals surface area (Å²) in [6.07, 6.45) is 3.85. The van der Waals surface area contributed by atoms with E-state index in [1.165, 1.54) is 17.3 Å². The molecule has 0 aliphatic rings. The van der Waals surface area contributed by atoms with Gasteiger partial charge in [0.25, 0.3) is 5.91 Å². The zero-order valence-electron chi connectivity index (χ0n) is 24.5. The maximum Gasteiger partial charge on any atom is 0.257 e. The lowest BCUT2D eigenvalue weighted by Gasteiger charge is -2.12. The van der Waals surface area contributed by atoms with E-state index in [0.29, 0.717) is 39.7 Å². The van der Waals surface area contributed by atoms with Gasteiger partial charge in [-0.2, -0.15) is 0 Å². The number of hydrogen-bond donors (Lipinski definition) is 3. The van der Waals surface area contributed by atoms with E-state index < -0.39 is 0 Å². The fraction of sp³-hybridized carbons (Fsp3) is 0.235. The van der Waals surface area contributed by atoms with Crippen molar-refractivity contribution in [2.24, 2.45) is 0 Å². The molecule has 5 rings (SSSR count). The van der Waals surface area contributed by atoms with Crippen LogP contribution in [0.15, 0.2) is 88.6 Å². The number of anilines is 1. The number of nitrogens with one attached hydrogen (secondary N) is 3. The number of aromatic amines is 1. The molecule has 1 aromatic heterocycles. The predicted octanol–water partition coefficient (Wildman–Crippen LogP) is 6.27. The lowest BCUT2D eigenvalue weighted by Crippen LogP contribution is -2.22. The molecule has 0 aliphatic carbocycles. The van der Waals surface area contributed by atoms with Gasteiger partial charge in [0.2, 0.25) is 0 Å². The van der Waals surface area contributed by atoms with Crippen molar-refractivity contribution in [1.29, 1.82) is 0 Å². The first-order chi connectivity index (χ1) is 21.0. The van der Waals surface area contributed by atoms with Gasteiger partial charge in [0.1, 0.15) is 12.4 Å². The summed E-state index contributed by atoms with van der Waals surface area (Å²) in [5, 5.41) is 7.46. The highest BCUT2D eigenvalue weighted by atomic mass is 32.2. The summed E-state index contributed by atoms with van der Waals surface area (Å²) in [4.78, 5) is 30.7. The number of aromatic nitrogens is 1. The highest BCUT2D eigenvalue weighted by molar-refractivity contribution is 7.98. The standard InChI is InChI=1S/C34H35N3O5S/c1-40-30-15-10-22(19-31(30)41-2)7-6-16-35-17-18-42-24-13-11-23(12-14-24)36-34(39)28-21-25(43-3)20-27-32(28)37-29-9-5-4-8-26(29)33(27)38/h4-5,8-15,19-21,35H,6-7,16-18H2,1-3H3,(H,36,39)(H,37,38). The molecular weight excluding hydrogens is 562 g/mol. The van der Waals surface area contributed by atoms with E-state index in [-0.39, 0.29) is 11.3 Å². The number of methoxy groups -OCH3 is 2. The molecule has 0 atom stereocenters. The highest BCUT2D eigenvalue weighted by Crippen LogP contribution is 2.28. The Hall–Kier alpha value is -4.47. The molecule has 222 valence electrons. The normalized spacial score (nSPS) is 11.0. The van der Waals surface area contributed by atoms with Gasteiger partial charge in [-0.1, -0.05) is 18.2 Å². The van der Waals surface area contributed by atoms with Crippen molar-refractivity contribution in [2.45, 2.75) is 17.7 Å². The quantitative estimate of drug-likeness (QED) is 0.0835. The van der Waals surface area contributed by atoms with E-state index in [9.17, 15) is 9.59 Å². The van der Waals surface area contributed by atoms with Crippen molar-refractivity contribution in [2.75, 3.05) is 45.5 Å². The van der Waals surface area contributed by atoms with E-state index in [4.69, 9.17) is 14.2 Å². The number of carbonyl (C=O) groups excluding carboxylic acids is 1. The molecule has 0 saturated carbocycles.